The number of benzene rings is 1. The van der Waals surface area contributed by atoms with E-state index in [0.29, 0.717) is 35.6 Å². The number of likely N-dealkylation sites (tertiary alicyclic amines) is 1. The van der Waals surface area contributed by atoms with Crippen molar-refractivity contribution in [3.8, 4) is 11.8 Å². The van der Waals surface area contributed by atoms with Crippen LogP contribution in [-0.4, -0.2) is 69.3 Å². The van der Waals surface area contributed by atoms with Gasteiger partial charge in [-0.15, -0.1) is 0 Å². The van der Waals surface area contributed by atoms with E-state index in [1.165, 1.54) is 10.9 Å². The van der Waals surface area contributed by atoms with Crippen molar-refractivity contribution < 1.29 is 23.9 Å². The number of likely N-dealkylation sites (N-methyl/N-ethyl adjacent to an activating group) is 1. The van der Waals surface area contributed by atoms with E-state index in [9.17, 15) is 14.4 Å². The minimum absolute atomic E-state index is 0.0300. The summed E-state index contributed by atoms with van der Waals surface area (Å²) in [4.78, 5) is 49.9. The Labute approximate surface area is 232 Å². The van der Waals surface area contributed by atoms with Gasteiger partial charge in [-0.25, -0.2) is 24.1 Å². The van der Waals surface area contributed by atoms with Crippen LogP contribution < -0.4 is 15.0 Å². The molecule has 210 valence electrons. The maximum atomic E-state index is 13.0. The monoisotopic (exact) mass is 547 g/mol. The summed E-state index contributed by atoms with van der Waals surface area (Å²) < 4.78 is 12.1. The Kier molecular flexibility index (Phi) is 8.23. The Morgan fingerprint density at radius 1 is 1.18 bits per heavy atom. The van der Waals surface area contributed by atoms with Gasteiger partial charge in [-0.1, -0.05) is 6.92 Å². The molecule has 2 atom stereocenters. The molecule has 1 fully saturated rings. The highest BCUT2D eigenvalue weighted by atomic mass is 16.6. The number of nitrogens with zero attached hydrogens (tertiary/aromatic N) is 6. The molecule has 2 amide bonds. The van der Waals surface area contributed by atoms with Gasteiger partial charge in [0.15, 0.2) is 5.65 Å². The van der Waals surface area contributed by atoms with Crippen LogP contribution in [0.15, 0.2) is 42.9 Å². The van der Waals surface area contributed by atoms with E-state index in [1.807, 2.05) is 18.0 Å². The zero-order valence-corrected chi connectivity index (χ0v) is 23.2. The first kappa shape index (κ1) is 28.4. The van der Waals surface area contributed by atoms with Gasteiger partial charge in [-0.05, 0) is 63.4 Å². The molecular weight excluding hydrogens is 514 g/mol. The molecule has 3 aromatic rings. The number of ether oxygens (including phenoxy) is 2. The Morgan fingerprint density at radius 2 is 1.90 bits per heavy atom. The van der Waals surface area contributed by atoms with Crippen molar-refractivity contribution in [2.24, 2.45) is 5.92 Å². The maximum Gasteiger partial charge on any atom is 0.425 e. The standard InChI is InChI=1S/C28H33N7O5/c1-18-11-14-34(23(36)10-13-29)16-22(18)33(5)24-21-12-15-35(25(21)31-17-30-24)27(38)39-20-8-6-19(7-9-20)32-26(37)40-28(2,3)4/h6-9,12,15,17-18,22H,10-11,14,16H2,1-5H3,(H,32,37)/t18-,22+/m1/s1. The Bertz CT molecular complexity index is 1440. The van der Waals surface area contributed by atoms with Gasteiger partial charge >= 0.3 is 12.2 Å². The lowest BCUT2D eigenvalue weighted by molar-refractivity contribution is -0.131. The number of anilines is 2. The molecule has 0 unspecified atom stereocenters. The SMILES string of the molecule is C[C@@H]1CCN(C(=O)CC#N)C[C@@H]1N(C)c1ncnc2c1ccn2C(=O)Oc1ccc(NC(=O)OC(C)(C)C)cc1. The summed E-state index contributed by atoms with van der Waals surface area (Å²) in [7, 11) is 1.91. The average molecular weight is 548 g/mol. The van der Waals surface area contributed by atoms with Crippen molar-refractivity contribution in [3.05, 3.63) is 42.9 Å². The zero-order valence-electron chi connectivity index (χ0n) is 23.2. The highest BCUT2D eigenvalue weighted by molar-refractivity contribution is 5.94. The first-order valence-corrected chi connectivity index (χ1v) is 13.0. The van der Waals surface area contributed by atoms with Crippen molar-refractivity contribution in [1.82, 2.24) is 19.4 Å². The molecule has 1 N–H and O–H groups in total. The molecule has 0 bridgehead atoms. The predicted octanol–water partition coefficient (Wildman–Crippen LogP) is 4.41. The van der Waals surface area contributed by atoms with E-state index >= 15 is 0 Å². The highest BCUT2D eigenvalue weighted by Crippen LogP contribution is 2.30. The summed E-state index contributed by atoms with van der Waals surface area (Å²) in [6, 6.07) is 9.99. The van der Waals surface area contributed by atoms with Crippen molar-refractivity contribution in [2.75, 3.05) is 30.4 Å². The number of piperidine rings is 1. The van der Waals surface area contributed by atoms with Gasteiger partial charge in [-0.3, -0.25) is 10.1 Å². The number of rotatable bonds is 5. The van der Waals surface area contributed by atoms with E-state index in [0.717, 1.165) is 6.42 Å². The van der Waals surface area contributed by atoms with Gasteiger partial charge in [-0.2, -0.15) is 5.26 Å². The third-order valence-electron chi connectivity index (χ3n) is 6.69. The molecule has 1 aromatic carbocycles. The number of carbonyl (C=O) groups excluding carboxylic acids is 3. The lowest BCUT2D eigenvalue weighted by Gasteiger charge is -2.42. The molecule has 0 aliphatic carbocycles. The van der Waals surface area contributed by atoms with Gasteiger partial charge in [0.1, 0.15) is 29.9 Å². The molecule has 1 aliphatic heterocycles. The highest BCUT2D eigenvalue weighted by Gasteiger charge is 2.33. The summed E-state index contributed by atoms with van der Waals surface area (Å²) in [6.45, 7) is 8.55. The minimum Gasteiger partial charge on any atom is -0.444 e. The summed E-state index contributed by atoms with van der Waals surface area (Å²) in [5.74, 6) is 1.01. The average Bonchev–Trinajstić information content (AvgIpc) is 3.33. The Morgan fingerprint density at radius 3 is 2.58 bits per heavy atom. The van der Waals surface area contributed by atoms with E-state index < -0.39 is 17.8 Å². The van der Waals surface area contributed by atoms with Crippen LogP contribution in [-0.2, 0) is 9.53 Å². The number of hydrogen-bond acceptors (Lipinski definition) is 9. The van der Waals surface area contributed by atoms with Crippen LogP contribution in [0.2, 0.25) is 0 Å². The molecule has 40 heavy (non-hydrogen) atoms. The molecule has 2 aromatic heterocycles. The molecular formula is C28H33N7O5. The van der Waals surface area contributed by atoms with Gasteiger partial charge in [0.25, 0.3) is 0 Å². The van der Waals surface area contributed by atoms with Crippen LogP contribution in [0.4, 0.5) is 21.1 Å². The number of carbonyl (C=O) groups is 3. The normalized spacial score (nSPS) is 17.1. The molecule has 0 radical (unpaired) electrons. The lowest BCUT2D eigenvalue weighted by Crippen LogP contribution is -2.52. The number of aromatic nitrogens is 3. The smallest absolute Gasteiger partial charge is 0.425 e. The third kappa shape index (κ3) is 6.48. The molecule has 0 saturated carbocycles. The van der Waals surface area contributed by atoms with Crippen molar-refractivity contribution in [1.29, 1.82) is 5.26 Å². The fourth-order valence-electron chi connectivity index (χ4n) is 4.66. The van der Waals surface area contributed by atoms with Crippen LogP contribution in [0.3, 0.4) is 0 Å². The molecule has 1 aliphatic rings. The maximum absolute atomic E-state index is 13.0. The number of amides is 2. The number of hydrogen-bond donors (Lipinski definition) is 1. The van der Waals surface area contributed by atoms with Crippen LogP contribution in [0.5, 0.6) is 5.75 Å². The van der Waals surface area contributed by atoms with E-state index in [2.05, 4.69) is 22.2 Å². The lowest BCUT2D eigenvalue weighted by atomic mass is 9.92. The number of fused-ring (bicyclic) bond motifs is 1. The van der Waals surface area contributed by atoms with Crippen LogP contribution in [0, 0.1) is 17.2 Å². The van der Waals surface area contributed by atoms with Crippen LogP contribution in [0.25, 0.3) is 11.0 Å². The summed E-state index contributed by atoms with van der Waals surface area (Å²) >= 11 is 0. The quantitative estimate of drug-likeness (QED) is 0.491. The van der Waals surface area contributed by atoms with Gasteiger partial charge < -0.3 is 19.3 Å². The van der Waals surface area contributed by atoms with Gasteiger partial charge in [0.2, 0.25) is 5.91 Å². The second kappa shape index (κ2) is 11.6. The molecule has 0 spiro atoms. The number of nitrogens with one attached hydrogen (secondary N) is 1. The zero-order chi connectivity index (χ0) is 29.0. The summed E-state index contributed by atoms with van der Waals surface area (Å²) in [5.41, 5.74) is 0.250. The summed E-state index contributed by atoms with van der Waals surface area (Å²) in [5, 5.41) is 12.2. The largest absolute Gasteiger partial charge is 0.444 e. The third-order valence-corrected chi connectivity index (χ3v) is 6.69. The molecule has 12 nitrogen and oxygen atoms in total. The fraction of sp³-hybridized carbons (Fsp3) is 0.429. The van der Waals surface area contributed by atoms with Gasteiger partial charge in [0.05, 0.1) is 17.5 Å². The predicted molar refractivity (Wildman–Crippen MR) is 148 cm³/mol. The van der Waals surface area contributed by atoms with Gasteiger partial charge in [0, 0.05) is 32.0 Å². The number of nitriles is 1. The van der Waals surface area contributed by atoms with Crippen LogP contribution >= 0.6 is 0 Å². The first-order valence-electron chi connectivity index (χ1n) is 13.0. The second-order valence-electron chi connectivity index (χ2n) is 10.8. The Hall–Kier alpha value is -4.66. The van der Waals surface area contributed by atoms with E-state index in [-0.39, 0.29) is 30.0 Å². The van der Waals surface area contributed by atoms with E-state index in [1.54, 1.807) is 62.2 Å². The molecule has 3 heterocycles. The van der Waals surface area contributed by atoms with Crippen molar-refractivity contribution in [2.45, 2.75) is 52.2 Å². The first-order chi connectivity index (χ1) is 19.0. The molecule has 4 rings (SSSR count). The van der Waals surface area contributed by atoms with Crippen molar-refractivity contribution >= 4 is 40.6 Å². The topological polar surface area (TPSA) is 143 Å². The molecule has 1 saturated heterocycles. The summed E-state index contributed by atoms with van der Waals surface area (Å²) in [6.07, 6.45) is 2.39. The Balaban J connectivity index is 1.48. The molecule has 12 heteroatoms. The second-order valence-corrected chi connectivity index (χ2v) is 10.8. The van der Waals surface area contributed by atoms with Crippen molar-refractivity contribution in [3.63, 3.8) is 0 Å². The fourth-order valence-corrected chi connectivity index (χ4v) is 4.66. The minimum atomic E-state index is -0.658. The van der Waals surface area contributed by atoms with Crippen LogP contribution in [0.1, 0.15) is 40.5 Å². The van der Waals surface area contributed by atoms with E-state index in [4.69, 9.17) is 14.7 Å².